The van der Waals surface area contributed by atoms with Gasteiger partial charge < -0.3 is 34.3 Å². The smallest absolute Gasteiger partial charge is 0.211 e. The number of phenols is 2. The minimum Gasteiger partial charge on any atom is -0.504 e. The Kier molecular flexibility index (Phi) is 7.93. The number of hydrogen-bond donors (Lipinski definition) is 4. The number of nitrogens with zero attached hydrogens (tertiary/aromatic N) is 1. The van der Waals surface area contributed by atoms with E-state index in [1.54, 1.807) is 24.3 Å². The summed E-state index contributed by atoms with van der Waals surface area (Å²) >= 11 is 0. The standard InChI is InChI=1S/C23H27NO8/c1-30-23-21-18(16(27)14-17(32-21)15-6-3-2-4-7-15)19(28)20(29)22(23)31-13-5-8-24(9-11-25)10-12-26/h2-4,6-7,14,25-26,28-29H,5,8-13H2,1H3. The molecule has 0 amide bonds. The zero-order valence-electron chi connectivity index (χ0n) is 17.8. The van der Waals surface area contributed by atoms with Crippen LogP contribution in [0.2, 0.25) is 0 Å². The molecule has 0 saturated carbocycles. The number of aliphatic hydroxyl groups is 2. The molecule has 2 aromatic carbocycles. The number of rotatable bonds is 11. The number of benzene rings is 2. The van der Waals surface area contributed by atoms with E-state index >= 15 is 0 Å². The van der Waals surface area contributed by atoms with Gasteiger partial charge in [0.25, 0.3) is 0 Å². The Balaban J connectivity index is 1.94. The molecule has 0 saturated heterocycles. The number of hydrogen-bond acceptors (Lipinski definition) is 9. The topological polar surface area (TPSA) is 133 Å². The Morgan fingerprint density at radius 1 is 0.969 bits per heavy atom. The molecule has 0 unspecified atom stereocenters. The first-order chi connectivity index (χ1) is 15.5. The summed E-state index contributed by atoms with van der Waals surface area (Å²) in [4.78, 5) is 14.6. The Morgan fingerprint density at radius 2 is 1.66 bits per heavy atom. The third kappa shape index (κ3) is 4.96. The van der Waals surface area contributed by atoms with Crippen LogP contribution in [0.15, 0.2) is 45.6 Å². The average Bonchev–Trinajstić information content (AvgIpc) is 2.80. The van der Waals surface area contributed by atoms with Crippen molar-refractivity contribution in [3.8, 4) is 34.3 Å². The Hall–Kier alpha value is -3.27. The predicted octanol–water partition coefficient (Wildman–Crippen LogP) is 1.94. The highest BCUT2D eigenvalue weighted by molar-refractivity contribution is 5.95. The number of fused-ring (bicyclic) bond motifs is 1. The SMILES string of the molecule is COc1c(OCCCN(CCO)CCO)c(O)c(O)c2c(=O)cc(-c3ccccc3)oc12. The summed E-state index contributed by atoms with van der Waals surface area (Å²) in [6.45, 7) is 1.45. The van der Waals surface area contributed by atoms with Crippen LogP contribution in [0.25, 0.3) is 22.3 Å². The normalized spacial score (nSPS) is 11.2. The van der Waals surface area contributed by atoms with Crippen molar-refractivity contribution in [2.45, 2.75) is 6.42 Å². The fourth-order valence-corrected chi connectivity index (χ4v) is 3.46. The van der Waals surface area contributed by atoms with Crippen molar-refractivity contribution in [1.82, 2.24) is 4.90 Å². The summed E-state index contributed by atoms with van der Waals surface area (Å²) in [5.41, 5.74) is 0.0918. The summed E-state index contributed by atoms with van der Waals surface area (Å²) in [6.07, 6.45) is 0.509. The lowest BCUT2D eigenvalue weighted by Gasteiger charge is -2.20. The first-order valence-corrected chi connectivity index (χ1v) is 10.2. The van der Waals surface area contributed by atoms with E-state index in [9.17, 15) is 15.0 Å². The van der Waals surface area contributed by atoms with E-state index in [1.807, 2.05) is 11.0 Å². The number of aromatic hydroxyl groups is 2. The van der Waals surface area contributed by atoms with Gasteiger partial charge in [0.2, 0.25) is 17.2 Å². The van der Waals surface area contributed by atoms with Crippen LogP contribution >= 0.6 is 0 Å². The minimum absolute atomic E-state index is 0.00671. The number of aliphatic hydroxyl groups excluding tert-OH is 2. The second-order valence-corrected chi connectivity index (χ2v) is 7.10. The second kappa shape index (κ2) is 10.9. The van der Waals surface area contributed by atoms with E-state index in [-0.39, 0.29) is 48.0 Å². The summed E-state index contributed by atoms with van der Waals surface area (Å²) in [5, 5.41) is 38.9. The van der Waals surface area contributed by atoms with E-state index in [4.69, 9.17) is 24.1 Å². The van der Waals surface area contributed by atoms with Crippen LogP contribution in [0.3, 0.4) is 0 Å². The lowest BCUT2D eigenvalue weighted by molar-refractivity contribution is 0.152. The van der Waals surface area contributed by atoms with Crippen LogP contribution in [-0.4, -0.2) is 71.9 Å². The molecular weight excluding hydrogens is 418 g/mol. The minimum atomic E-state index is -0.647. The average molecular weight is 445 g/mol. The van der Waals surface area contributed by atoms with Gasteiger partial charge in [0.05, 0.1) is 26.9 Å². The molecule has 3 aromatic rings. The molecule has 9 heteroatoms. The van der Waals surface area contributed by atoms with Crippen LogP contribution in [0, 0.1) is 0 Å². The molecule has 4 N–H and O–H groups in total. The molecule has 172 valence electrons. The van der Waals surface area contributed by atoms with Crippen molar-refractivity contribution in [3.05, 3.63) is 46.6 Å². The van der Waals surface area contributed by atoms with Crippen molar-refractivity contribution in [1.29, 1.82) is 0 Å². The van der Waals surface area contributed by atoms with Gasteiger partial charge in [-0.05, 0) is 6.42 Å². The van der Waals surface area contributed by atoms with Crippen LogP contribution in [0.5, 0.6) is 23.0 Å². The van der Waals surface area contributed by atoms with Gasteiger partial charge in [-0.1, -0.05) is 30.3 Å². The number of phenolic OH excluding ortho intramolecular Hbond substituents is 2. The quantitative estimate of drug-likeness (QED) is 0.258. The maximum absolute atomic E-state index is 12.7. The highest BCUT2D eigenvalue weighted by atomic mass is 16.5. The van der Waals surface area contributed by atoms with E-state index in [1.165, 1.54) is 13.2 Å². The van der Waals surface area contributed by atoms with E-state index in [2.05, 4.69) is 0 Å². The number of ether oxygens (including phenoxy) is 2. The van der Waals surface area contributed by atoms with Gasteiger partial charge >= 0.3 is 0 Å². The van der Waals surface area contributed by atoms with Gasteiger partial charge in [-0.2, -0.15) is 0 Å². The molecule has 1 aromatic heterocycles. The molecule has 0 atom stereocenters. The van der Waals surface area contributed by atoms with E-state index < -0.39 is 16.9 Å². The van der Waals surface area contributed by atoms with E-state index in [0.717, 1.165) is 0 Å². The van der Waals surface area contributed by atoms with E-state index in [0.29, 0.717) is 31.6 Å². The zero-order chi connectivity index (χ0) is 23.1. The van der Waals surface area contributed by atoms with Crippen LogP contribution < -0.4 is 14.9 Å². The number of methoxy groups -OCH3 is 1. The summed E-state index contributed by atoms with van der Waals surface area (Å²) < 4.78 is 17.0. The van der Waals surface area contributed by atoms with Gasteiger partial charge in [-0.25, -0.2) is 0 Å². The molecule has 0 aliphatic rings. The van der Waals surface area contributed by atoms with Crippen LogP contribution in [0.4, 0.5) is 0 Å². The summed E-state index contributed by atoms with van der Waals surface area (Å²) in [6, 6.07) is 10.2. The molecule has 0 fully saturated rings. The third-order valence-electron chi connectivity index (χ3n) is 5.00. The third-order valence-corrected chi connectivity index (χ3v) is 5.00. The second-order valence-electron chi connectivity index (χ2n) is 7.10. The zero-order valence-corrected chi connectivity index (χ0v) is 17.8. The molecule has 0 radical (unpaired) electrons. The molecule has 0 aliphatic heterocycles. The molecule has 3 rings (SSSR count). The van der Waals surface area contributed by atoms with Crippen molar-refractivity contribution in [2.24, 2.45) is 0 Å². The van der Waals surface area contributed by atoms with Crippen LogP contribution in [-0.2, 0) is 0 Å². The molecule has 9 nitrogen and oxygen atoms in total. The van der Waals surface area contributed by atoms with Crippen molar-refractivity contribution >= 4 is 11.0 Å². The molecular formula is C23H27NO8. The Morgan fingerprint density at radius 3 is 2.28 bits per heavy atom. The van der Waals surface area contributed by atoms with Gasteiger partial charge in [-0.3, -0.25) is 9.69 Å². The Labute approximate surface area is 184 Å². The molecule has 0 aliphatic carbocycles. The molecule has 32 heavy (non-hydrogen) atoms. The Bertz CT molecular complexity index is 1090. The van der Waals surface area contributed by atoms with Crippen molar-refractivity contribution in [2.75, 3.05) is 46.6 Å². The van der Waals surface area contributed by atoms with Crippen molar-refractivity contribution < 1.29 is 34.3 Å². The monoisotopic (exact) mass is 445 g/mol. The summed E-state index contributed by atoms with van der Waals surface area (Å²) in [5.74, 6) is -1.13. The lowest BCUT2D eigenvalue weighted by Crippen LogP contribution is -2.31. The van der Waals surface area contributed by atoms with Crippen LogP contribution in [0.1, 0.15) is 6.42 Å². The maximum Gasteiger partial charge on any atom is 0.211 e. The first-order valence-electron chi connectivity index (χ1n) is 10.2. The van der Waals surface area contributed by atoms with Gasteiger partial charge in [0.15, 0.2) is 16.8 Å². The summed E-state index contributed by atoms with van der Waals surface area (Å²) in [7, 11) is 1.34. The van der Waals surface area contributed by atoms with Gasteiger partial charge in [0, 0.05) is 31.3 Å². The van der Waals surface area contributed by atoms with Crippen molar-refractivity contribution in [3.63, 3.8) is 0 Å². The highest BCUT2D eigenvalue weighted by Crippen LogP contribution is 2.49. The molecule has 0 bridgehead atoms. The predicted molar refractivity (Wildman–Crippen MR) is 119 cm³/mol. The lowest BCUT2D eigenvalue weighted by atomic mass is 10.1. The highest BCUT2D eigenvalue weighted by Gasteiger charge is 2.26. The first kappa shape index (κ1) is 23.4. The fourth-order valence-electron chi connectivity index (χ4n) is 3.46. The van der Waals surface area contributed by atoms with Gasteiger partial charge in [-0.15, -0.1) is 0 Å². The van der Waals surface area contributed by atoms with Gasteiger partial charge in [0.1, 0.15) is 11.1 Å². The largest absolute Gasteiger partial charge is 0.504 e. The molecule has 0 spiro atoms. The maximum atomic E-state index is 12.7. The fraction of sp³-hybridized carbons (Fsp3) is 0.348. The molecule has 1 heterocycles.